The van der Waals surface area contributed by atoms with E-state index in [9.17, 15) is 13.6 Å². The lowest BCUT2D eigenvalue weighted by Gasteiger charge is -2.34. The first-order chi connectivity index (χ1) is 11.5. The van der Waals surface area contributed by atoms with Gasteiger partial charge in [0.1, 0.15) is 0 Å². The van der Waals surface area contributed by atoms with Crippen LogP contribution in [0.2, 0.25) is 0 Å². The Bertz CT molecular complexity index is 723. The molecule has 1 aromatic carbocycles. The fourth-order valence-corrected chi connectivity index (χ4v) is 2.88. The van der Waals surface area contributed by atoms with E-state index in [1.807, 2.05) is 17.8 Å². The maximum Gasteiger partial charge on any atom is 0.254 e. The average molecular weight is 334 g/mol. The number of piperazine rings is 1. The van der Waals surface area contributed by atoms with Gasteiger partial charge in [0.25, 0.3) is 5.91 Å². The van der Waals surface area contributed by atoms with Gasteiger partial charge >= 0.3 is 0 Å². The van der Waals surface area contributed by atoms with Gasteiger partial charge in [0.05, 0.1) is 6.33 Å². The summed E-state index contributed by atoms with van der Waals surface area (Å²) in [5.41, 5.74) is 1.37. The minimum atomic E-state index is -0.990. The van der Waals surface area contributed by atoms with Gasteiger partial charge in [-0.1, -0.05) is 0 Å². The highest BCUT2D eigenvalue weighted by molar-refractivity contribution is 5.94. The smallest absolute Gasteiger partial charge is 0.254 e. The first-order valence-electron chi connectivity index (χ1n) is 7.96. The largest absolute Gasteiger partial charge is 0.338 e. The minimum absolute atomic E-state index is 0.192. The summed E-state index contributed by atoms with van der Waals surface area (Å²) in [6.45, 7) is 3.62. The number of hydrogen-bond donors (Lipinski definition) is 0. The molecule has 3 rings (SSSR count). The van der Waals surface area contributed by atoms with Gasteiger partial charge < -0.3 is 9.47 Å². The van der Waals surface area contributed by atoms with E-state index in [1.54, 1.807) is 11.2 Å². The predicted molar refractivity (Wildman–Crippen MR) is 85.6 cm³/mol. The van der Waals surface area contributed by atoms with Crippen LogP contribution in [0.15, 0.2) is 30.7 Å². The summed E-state index contributed by atoms with van der Waals surface area (Å²) in [6.07, 6.45) is 4.56. The molecule has 0 saturated carbocycles. The van der Waals surface area contributed by atoms with Crippen LogP contribution in [0.25, 0.3) is 0 Å². The van der Waals surface area contributed by atoms with Gasteiger partial charge in [0, 0.05) is 63.6 Å². The van der Waals surface area contributed by atoms with E-state index in [0.29, 0.717) is 13.1 Å². The SMILES string of the molecule is Cn1cncc1CCN1CCN(C(=O)c2ccc(F)c(F)c2)CC1. The lowest BCUT2D eigenvalue weighted by atomic mass is 10.1. The van der Waals surface area contributed by atoms with Crippen LogP contribution in [-0.4, -0.2) is 58.0 Å². The highest BCUT2D eigenvalue weighted by Crippen LogP contribution is 2.13. The molecule has 1 amide bonds. The fourth-order valence-electron chi connectivity index (χ4n) is 2.88. The third-order valence-corrected chi connectivity index (χ3v) is 4.43. The molecule has 1 aromatic heterocycles. The fraction of sp³-hybridized carbons (Fsp3) is 0.412. The second-order valence-corrected chi connectivity index (χ2v) is 6.01. The number of carbonyl (C=O) groups is 1. The van der Waals surface area contributed by atoms with Crippen LogP contribution in [-0.2, 0) is 13.5 Å². The zero-order chi connectivity index (χ0) is 17.1. The molecule has 0 unspecified atom stereocenters. The van der Waals surface area contributed by atoms with Crippen molar-refractivity contribution in [1.82, 2.24) is 19.4 Å². The van der Waals surface area contributed by atoms with Gasteiger partial charge in [-0.05, 0) is 18.2 Å². The molecular weight excluding hydrogens is 314 g/mol. The second-order valence-electron chi connectivity index (χ2n) is 6.01. The number of rotatable bonds is 4. The summed E-state index contributed by atoms with van der Waals surface area (Å²) in [7, 11) is 1.97. The Kier molecular flexibility index (Phi) is 4.89. The number of aromatic nitrogens is 2. The van der Waals surface area contributed by atoms with Crippen LogP contribution >= 0.6 is 0 Å². The monoisotopic (exact) mass is 334 g/mol. The van der Waals surface area contributed by atoms with Crippen molar-refractivity contribution >= 4 is 5.91 Å². The van der Waals surface area contributed by atoms with E-state index in [0.717, 1.165) is 38.2 Å². The van der Waals surface area contributed by atoms with Crippen LogP contribution in [0.1, 0.15) is 16.1 Å². The summed E-state index contributed by atoms with van der Waals surface area (Å²) >= 11 is 0. The Hall–Kier alpha value is -2.28. The summed E-state index contributed by atoms with van der Waals surface area (Å²) in [5.74, 6) is -2.18. The highest BCUT2D eigenvalue weighted by Gasteiger charge is 2.22. The van der Waals surface area contributed by atoms with Crippen molar-refractivity contribution in [3.8, 4) is 0 Å². The summed E-state index contributed by atoms with van der Waals surface area (Å²) < 4.78 is 28.3. The molecule has 2 heterocycles. The summed E-state index contributed by atoms with van der Waals surface area (Å²) in [4.78, 5) is 20.4. The zero-order valence-electron chi connectivity index (χ0n) is 13.6. The lowest BCUT2D eigenvalue weighted by molar-refractivity contribution is 0.0637. The highest BCUT2D eigenvalue weighted by atomic mass is 19.2. The van der Waals surface area contributed by atoms with E-state index >= 15 is 0 Å². The lowest BCUT2D eigenvalue weighted by Crippen LogP contribution is -2.49. The van der Waals surface area contributed by atoms with Crippen molar-refractivity contribution in [1.29, 1.82) is 0 Å². The number of hydrogen-bond acceptors (Lipinski definition) is 3. The van der Waals surface area contributed by atoms with E-state index < -0.39 is 11.6 Å². The number of nitrogens with zero attached hydrogens (tertiary/aromatic N) is 4. The third-order valence-electron chi connectivity index (χ3n) is 4.43. The molecule has 0 N–H and O–H groups in total. The van der Waals surface area contributed by atoms with Crippen LogP contribution in [0.5, 0.6) is 0 Å². The number of aryl methyl sites for hydroxylation is 1. The number of benzene rings is 1. The Morgan fingerprint density at radius 2 is 1.92 bits per heavy atom. The third kappa shape index (κ3) is 3.62. The van der Waals surface area contributed by atoms with Gasteiger partial charge in [0.2, 0.25) is 0 Å². The molecule has 1 fully saturated rings. The van der Waals surface area contributed by atoms with Crippen molar-refractivity contribution in [2.24, 2.45) is 7.05 Å². The van der Waals surface area contributed by atoms with Crippen molar-refractivity contribution in [3.63, 3.8) is 0 Å². The molecule has 24 heavy (non-hydrogen) atoms. The van der Waals surface area contributed by atoms with E-state index in [4.69, 9.17) is 0 Å². The first-order valence-corrected chi connectivity index (χ1v) is 7.96. The van der Waals surface area contributed by atoms with Crippen LogP contribution < -0.4 is 0 Å². The van der Waals surface area contributed by atoms with Gasteiger partial charge in [-0.2, -0.15) is 0 Å². The summed E-state index contributed by atoms with van der Waals surface area (Å²) in [6, 6.07) is 3.29. The van der Waals surface area contributed by atoms with Gasteiger partial charge in [-0.25, -0.2) is 13.8 Å². The summed E-state index contributed by atoms with van der Waals surface area (Å²) in [5, 5.41) is 0. The number of halogens is 2. The Morgan fingerprint density at radius 3 is 2.54 bits per heavy atom. The average Bonchev–Trinajstić information content (AvgIpc) is 3.00. The minimum Gasteiger partial charge on any atom is -0.338 e. The van der Waals surface area contributed by atoms with E-state index in [-0.39, 0.29) is 11.5 Å². The molecule has 0 radical (unpaired) electrons. The van der Waals surface area contributed by atoms with E-state index in [1.165, 1.54) is 11.8 Å². The van der Waals surface area contributed by atoms with Crippen molar-refractivity contribution in [3.05, 3.63) is 53.6 Å². The Morgan fingerprint density at radius 1 is 1.17 bits per heavy atom. The molecule has 0 bridgehead atoms. The number of carbonyl (C=O) groups excluding carboxylic acids is 1. The molecule has 1 aliphatic heterocycles. The zero-order valence-corrected chi connectivity index (χ0v) is 13.6. The van der Waals surface area contributed by atoms with Gasteiger partial charge in [-0.15, -0.1) is 0 Å². The molecule has 5 nitrogen and oxygen atoms in total. The maximum atomic E-state index is 13.3. The quantitative estimate of drug-likeness (QED) is 0.855. The molecule has 2 aromatic rings. The standard InChI is InChI=1S/C17H20F2N4O/c1-21-12-20-11-14(21)4-5-22-6-8-23(9-7-22)17(24)13-2-3-15(18)16(19)10-13/h2-3,10-12H,4-9H2,1H3. The molecule has 1 aliphatic rings. The van der Waals surface area contributed by atoms with Crippen LogP contribution in [0.3, 0.4) is 0 Å². The molecule has 7 heteroatoms. The number of amides is 1. The van der Waals surface area contributed by atoms with Gasteiger partial charge in [0.15, 0.2) is 11.6 Å². The van der Waals surface area contributed by atoms with Crippen molar-refractivity contribution in [2.75, 3.05) is 32.7 Å². The molecule has 128 valence electrons. The molecule has 0 atom stereocenters. The molecule has 1 saturated heterocycles. The number of imidazole rings is 1. The Labute approximate surface area is 139 Å². The molecule has 0 spiro atoms. The second kappa shape index (κ2) is 7.09. The molecular formula is C17H20F2N4O. The topological polar surface area (TPSA) is 41.4 Å². The maximum absolute atomic E-state index is 13.3. The first kappa shape index (κ1) is 16.6. The van der Waals surface area contributed by atoms with E-state index in [2.05, 4.69) is 9.88 Å². The Balaban J connectivity index is 1.52. The van der Waals surface area contributed by atoms with Crippen molar-refractivity contribution < 1.29 is 13.6 Å². The normalized spacial score (nSPS) is 15.7. The van der Waals surface area contributed by atoms with Crippen LogP contribution in [0.4, 0.5) is 8.78 Å². The van der Waals surface area contributed by atoms with Crippen LogP contribution in [0, 0.1) is 11.6 Å². The predicted octanol–water partition coefficient (Wildman–Crippen LogP) is 1.70. The van der Waals surface area contributed by atoms with Crippen molar-refractivity contribution in [2.45, 2.75) is 6.42 Å². The van der Waals surface area contributed by atoms with Gasteiger partial charge in [-0.3, -0.25) is 9.69 Å². The molecule has 0 aliphatic carbocycles.